The highest BCUT2D eigenvalue weighted by Gasteiger charge is 2.19. The molecule has 0 saturated heterocycles. The maximum atomic E-state index is 11.8. The second-order valence-corrected chi connectivity index (χ2v) is 5.17. The largest absolute Gasteiger partial charge is 0.601 e. The summed E-state index contributed by atoms with van der Waals surface area (Å²) in [4.78, 5) is 17.4. The van der Waals surface area contributed by atoms with Crippen molar-refractivity contribution in [1.29, 1.82) is 0 Å². The van der Waals surface area contributed by atoms with E-state index in [9.17, 15) is 9.90 Å². The Bertz CT molecular complexity index is 541. The van der Waals surface area contributed by atoms with E-state index in [0.717, 1.165) is 11.3 Å². The quantitative estimate of drug-likeness (QED) is 0.325. The minimum Gasteiger partial charge on any atom is -0.601 e. The Kier molecular flexibility index (Phi) is 9.34. The molecule has 8 nitrogen and oxygen atoms in total. The van der Waals surface area contributed by atoms with Crippen LogP contribution in [0.3, 0.4) is 0 Å². The zero-order valence-electron chi connectivity index (χ0n) is 14.6. The van der Waals surface area contributed by atoms with Gasteiger partial charge in [0.1, 0.15) is 6.08 Å². The summed E-state index contributed by atoms with van der Waals surface area (Å²) in [6.07, 6.45) is -0.599. The number of aliphatic hydroxyl groups excluding tert-OH is 2. The molecule has 0 bridgehead atoms. The molecule has 0 unspecified atom stereocenters. The van der Waals surface area contributed by atoms with Crippen molar-refractivity contribution >= 4 is 17.7 Å². The average molecular weight is 353 g/mol. The number of ether oxygens (including phenoxy) is 2. The lowest BCUT2D eigenvalue weighted by Crippen LogP contribution is -2.30. The number of methoxy groups -OCH3 is 1. The van der Waals surface area contributed by atoms with E-state index in [4.69, 9.17) is 14.9 Å². The van der Waals surface area contributed by atoms with Crippen molar-refractivity contribution in [1.82, 2.24) is 0 Å². The molecule has 140 valence electrons. The summed E-state index contributed by atoms with van der Waals surface area (Å²) in [5.74, 6) is -0.612. The zero-order valence-corrected chi connectivity index (χ0v) is 14.6. The highest BCUT2D eigenvalue weighted by molar-refractivity contribution is 5.79. The number of carbonyl (C=O) groups is 1. The van der Waals surface area contributed by atoms with Gasteiger partial charge in [0.2, 0.25) is 0 Å². The van der Waals surface area contributed by atoms with Crippen LogP contribution in [-0.4, -0.2) is 68.3 Å². The lowest BCUT2D eigenvalue weighted by molar-refractivity contribution is -0.250. The molecule has 8 heteroatoms. The van der Waals surface area contributed by atoms with Crippen LogP contribution in [0.5, 0.6) is 0 Å². The fraction of sp³-hybridized carbons (Fsp3) is 0.529. The number of rotatable bonds is 10. The highest BCUT2D eigenvalue weighted by atomic mass is 16.6. The first-order valence-corrected chi connectivity index (χ1v) is 8.06. The van der Waals surface area contributed by atoms with Crippen molar-refractivity contribution in [3.8, 4) is 0 Å². The maximum Gasteiger partial charge on any atom is 0.331 e. The van der Waals surface area contributed by atoms with Crippen LogP contribution in [0.1, 0.15) is 12.5 Å². The zero-order chi connectivity index (χ0) is 18.7. The van der Waals surface area contributed by atoms with Crippen LogP contribution in [0.25, 0.3) is 0 Å². The maximum absolute atomic E-state index is 11.8. The number of esters is 1. The molecule has 1 rings (SSSR count). The molecule has 0 amide bonds. The first kappa shape index (κ1) is 20.7. The van der Waals surface area contributed by atoms with Gasteiger partial charge in [0.15, 0.2) is 6.04 Å². The molecule has 0 heterocycles. The SMILES string of the molecule is CCOC([O-])=N[C@@H](Cc1ccc(N(CCO)CCO)cc1)C(=O)OC. The van der Waals surface area contributed by atoms with Gasteiger partial charge in [-0.1, -0.05) is 19.1 Å². The van der Waals surface area contributed by atoms with Gasteiger partial charge in [0.05, 0.1) is 20.3 Å². The molecule has 1 atom stereocenters. The van der Waals surface area contributed by atoms with Crippen LogP contribution in [0.2, 0.25) is 0 Å². The third-order valence-electron chi connectivity index (χ3n) is 3.47. The van der Waals surface area contributed by atoms with Crippen LogP contribution in [0, 0.1) is 0 Å². The molecular weight excluding hydrogens is 328 g/mol. The number of anilines is 1. The molecule has 0 spiro atoms. The highest BCUT2D eigenvalue weighted by Crippen LogP contribution is 2.17. The van der Waals surface area contributed by atoms with E-state index in [1.807, 2.05) is 17.0 Å². The minimum absolute atomic E-state index is 0.0232. The van der Waals surface area contributed by atoms with Gasteiger partial charge in [-0.3, -0.25) is 4.99 Å². The van der Waals surface area contributed by atoms with Crippen LogP contribution in [0.15, 0.2) is 29.3 Å². The number of aliphatic imine (C=N–C) groups is 1. The van der Waals surface area contributed by atoms with E-state index in [1.165, 1.54) is 7.11 Å². The first-order chi connectivity index (χ1) is 12.0. The van der Waals surface area contributed by atoms with Crippen molar-refractivity contribution in [2.24, 2.45) is 4.99 Å². The molecule has 25 heavy (non-hydrogen) atoms. The molecule has 1 aromatic carbocycles. The van der Waals surface area contributed by atoms with Gasteiger partial charge < -0.3 is 29.7 Å². The summed E-state index contributed by atoms with van der Waals surface area (Å²) in [6, 6.07) is 6.26. The fourth-order valence-electron chi connectivity index (χ4n) is 2.28. The van der Waals surface area contributed by atoms with E-state index >= 15 is 0 Å². The monoisotopic (exact) mass is 353 g/mol. The molecule has 0 aromatic heterocycles. The first-order valence-electron chi connectivity index (χ1n) is 8.06. The van der Waals surface area contributed by atoms with E-state index in [1.54, 1.807) is 19.1 Å². The Balaban J connectivity index is 2.87. The van der Waals surface area contributed by atoms with Crippen LogP contribution in [0.4, 0.5) is 5.69 Å². The number of nitrogens with zero attached hydrogens (tertiary/aromatic N) is 2. The molecule has 1 aromatic rings. The molecule has 0 saturated carbocycles. The fourth-order valence-corrected chi connectivity index (χ4v) is 2.28. The molecular formula is C17H25N2O6-. The molecule has 0 radical (unpaired) electrons. The molecule has 0 aliphatic carbocycles. The topological polar surface area (TPSA) is 115 Å². The molecule has 0 aliphatic rings. The van der Waals surface area contributed by atoms with Gasteiger partial charge in [0.25, 0.3) is 0 Å². The number of aliphatic hydroxyl groups is 2. The summed E-state index contributed by atoms with van der Waals surface area (Å²) in [7, 11) is 1.24. The van der Waals surface area contributed by atoms with Crippen LogP contribution >= 0.6 is 0 Å². The Morgan fingerprint density at radius 1 is 1.24 bits per heavy atom. The van der Waals surface area contributed by atoms with Crippen LogP contribution < -0.4 is 10.0 Å². The lowest BCUT2D eigenvalue weighted by Gasteiger charge is -2.23. The predicted molar refractivity (Wildman–Crippen MR) is 91.4 cm³/mol. The Hall–Kier alpha value is -2.32. The number of hydrogen-bond acceptors (Lipinski definition) is 8. The van der Waals surface area contributed by atoms with Gasteiger partial charge in [0, 0.05) is 25.2 Å². The number of benzene rings is 1. The molecule has 0 aliphatic heterocycles. The minimum atomic E-state index is -0.971. The van der Waals surface area contributed by atoms with Crippen LogP contribution in [-0.2, 0) is 20.7 Å². The Morgan fingerprint density at radius 2 is 1.84 bits per heavy atom. The number of carbonyl (C=O) groups excluding carboxylic acids is 1. The summed E-state index contributed by atoms with van der Waals surface area (Å²) >= 11 is 0. The van der Waals surface area contributed by atoms with Crippen molar-refractivity contribution < 1.29 is 29.6 Å². The van der Waals surface area contributed by atoms with E-state index in [0.29, 0.717) is 13.1 Å². The van der Waals surface area contributed by atoms with Gasteiger partial charge in [-0.2, -0.15) is 0 Å². The van der Waals surface area contributed by atoms with Gasteiger partial charge >= 0.3 is 5.97 Å². The second-order valence-electron chi connectivity index (χ2n) is 5.17. The van der Waals surface area contributed by atoms with Crippen molar-refractivity contribution in [2.45, 2.75) is 19.4 Å². The van der Waals surface area contributed by atoms with E-state index in [2.05, 4.69) is 9.73 Å². The van der Waals surface area contributed by atoms with Crippen molar-refractivity contribution in [2.75, 3.05) is 44.9 Å². The normalized spacial score (nSPS) is 12.6. The van der Waals surface area contributed by atoms with Gasteiger partial charge in [-0.25, -0.2) is 4.79 Å². The smallest absolute Gasteiger partial charge is 0.331 e. The number of hydrogen-bond donors (Lipinski definition) is 2. The van der Waals surface area contributed by atoms with Crippen molar-refractivity contribution in [3.05, 3.63) is 29.8 Å². The summed E-state index contributed by atoms with van der Waals surface area (Å²) < 4.78 is 9.43. The molecule has 2 N–H and O–H groups in total. The molecule has 0 fully saturated rings. The van der Waals surface area contributed by atoms with Gasteiger partial charge in [-0.15, -0.1) is 0 Å². The summed E-state index contributed by atoms with van der Waals surface area (Å²) in [6.45, 7) is 2.60. The summed E-state index contributed by atoms with van der Waals surface area (Å²) in [5.41, 5.74) is 1.63. The standard InChI is InChI=1S/C17H26N2O6/c1-3-25-17(23)18-15(16(22)24-2)12-13-4-6-14(7-5-13)19(8-10-20)9-11-21/h4-7,15,20-21H,3,8-12H2,1-2H3,(H,18,23)/p-1/t15-/m0/s1. The third-order valence-corrected chi connectivity index (χ3v) is 3.47. The lowest BCUT2D eigenvalue weighted by atomic mass is 10.1. The third kappa shape index (κ3) is 6.98. The summed E-state index contributed by atoms with van der Waals surface area (Å²) in [5, 5.41) is 29.7. The van der Waals surface area contributed by atoms with E-state index < -0.39 is 18.1 Å². The Labute approximate surface area is 147 Å². The predicted octanol–water partition coefficient (Wildman–Crippen LogP) is -0.685. The van der Waals surface area contributed by atoms with E-state index in [-0.39, 0.29) is 26.2 Å². The average Bonchev–Trinajstić information content (AvgIpc) is 2.61. The van der Waals surface area contributed by atoms with Gasteiger partial charge in [-0.05, 0) is 24.3 Å². The Morgan fingerprint density at radius 3 is 2.32 bits per heavy atom. The second kappa shape index (κ2) is 11.3. The van der Waals surface area contributed by atoms with Crippen molar-refractivity contribution in [3.63, 3.8) is 0 Å².